The first kappa shape index (κ1) is 15.8. The molecule has 0 unspecified atom stereocenters. The quantitative estimate of drug-likeness (QED) is 0.793. The number of benzene rings is 1. The maximum absolute atomic E-state index is 12.5. The lowest BCUT2D eigenvalue weighted by atomic mass is 10.1. The maximum Gasteiger partial charge on any atom is 0.255 e. The second-order valence-electron chi connectivity index (χ2n) is 5.87. The number of amides is 1. The van der Waals surface area contributed by atoms with Crippen LogP contribution in [0.1, 0.15) is 21.5 Å². The number of piperazine rings is 1. The highest BCUT2D eigenvalue weighted by atomic mass is 35.5. The first-order valence-corrected chi connectivity index (χ1v) is 8.16. The average Bonchev–Trinajstić information content (AvgIpc) is 2.58. The molecule has 120 valence electrons. The molecule has 0 spiro atoms. The highest BCUT2D eigenvalue weighted by Crippen LogP contribution is 2.24. The number of hydrogen-bond acceptors (Lipinski definition) is 3. The Morgan fingerprint density at radius 1 is 1.09 bits per heavy atom. The van der Waals surface area contributed by atoms with Crippen LogP contribution in [0.5, 0.6) is 0 Å². The predicted molar refractivity (Wildman–Crippen MR) is 93.3 cm³/mol. The van der Waals surface area contributed by atoms with Gasteiger partial charge in [0, 0.05) is 38.1 Å². The Balaban J connectivity index is 1.67. The van der Waals surface area contributed by atoms with E-state index in [4.69, 9.17) is 11.6 Å². The lowest BCUT2D eigenvalue weighted by Crippen LogP contribution is -2.49. The maximum atomic E-state index is 12.5. The van der Waals surface area contributed by atoms with Gasteiger partial charge in [-0.1, -0.05) is 23.7 Å². The van der Waals surface area contributed by atoms with Crippen LogP contribution in [0.2, 0.25) is 5.15 Å². The number of aromatic nitrogens is 1. The van der Waals surface area contributed by atoms with Crippen LogP contribution in [-0.2, 0) is 0 Å². The minimum Gasteiger partial charge on any atom is -0.368 e. The Morgan fingerprint density at radius 3 is 2.48 bits per heavy atom. The zero-order chi connectivity index (χ0) is 16.4. The third-order valence-electron chi connectivity index (χ3n) is 4.46. The van der Waals surface area contributed by atoms with Gasteiger partial charge in [0.15, 0.2) is 0 Å². The molecule has 23 heavy (non-hydrogen) atoms. The molecule has 4 nitrogen and oxygen atoms in total. The monoisotopic (exact) mass is 329 g/mol. The summed E-state index contributed by atoms with van der Waals surface area (Å²) < 4.78 is 0. The molecule has 1 aliphatic rings. The van der Waals surface area contributed by atoms with Gasteiger partial charge >= 0.3 is 0 Å². The molecule has 0 N–H and O–H groups in total. The van der Waals surface area contributed by atoms with Crippen molar-refractivity contribution in [2.24, 2.45) is 0 Å². The van der Waals surface area contributed by atoms with Gasteiger partial charge in [0.25, 0.3) is 5.91 Å². The standard InChI is InChI=1S/C18H20ClN3O/c1-13-4-3-5-16(14(13)2)21-8-10-22(11-9-21)18(23)15-6-7-17(19)20-12-15/h3-7,12H,8-11H2,1-2H3. The molecule has 1 aromatic carbocycles. The number of hydrogen-bond donors (Lipinski definition) is 0. The van der Waals surface area contributed by atoms with Crippen molar-refractivity contribution >= 4 is 23.2 Å². The summed E-state index contributed by atoms with van der Waals surface area (Å²) in [5, 5.41) is 0.404. The molecule has 1 fully saturated rings. The van der Waals surface area contributed by atoms with Gasteiger partial charge in [-0.15, -0.1) is 0 Å². The van der Waals surface area contributed by atoms with Crippen molar-refractivity contribution in [3.63, 3.8) is 0 Å². The summed E-state index contributed by atoms with van der Waals surface area (Å²) in [7, 11) is 0. The molecule has 0 aliphatic carbocycles. The van der Waals surface area contributed by atoms with Crippen LogP contribution in [0.4, 0.5) is 5.69 Å². The lowest BCUT2D eigenvalue weighted by Gasteiger charge is -2.37. The van der Waals surface area contributed by atoms with Crippen LogP contribution >= 0.6 is 11.6 Å². The van der Waals surface area contributed by atoms with Crippen molar-refractivity contribution in [3.8, 4) is 0 Å². The second-order valence-corrected chi connectivity index (χ2v) is 6.26. The molecule has 2 heterocycles. The Morgan fingerprint density at radius 2 is 1.83 bits per heavy atom. The zero-order valence-electron chi connectivity index (χ0n) is 13.4. The Bertz CT molecular complexity index is 707. The van der Waals surface area contributed by atoms with E-state index in [2.05, 4.69) is 41.9 Å². The number of rotatable bonds is 2. The number of nitrogens with zero attached hydrogens (tertiary/aromatic N) is 3. The van der Waals surface area contributed by atoms with Gasteiger partial charge in [0.05, 0.1) is 5.56 Å². The van der Waals surface area contributed by atoms with E-state index in [0.29, 0.717) is 10.7 Å². The topological polar surface area (TPSA) is 36.4 Å². The molecule has 0 bridgehead atoms. The van der Waals surface area contributed by atoms with Gasteiger partial charge in [-0.05, 0) is 43.2 Å². The minimum atomic E-state index is 0.0229. The van der Waals surface area contributed by atoms with Gasteiger partial charge in [-0.2, -0.15) is 0 Å². The molecule has 1 saturated heterocycles. The third kappa shape index (κ3) is 3.32. The van der Waals surface area contributed by atoms with Crippen molar-refractivity contribution < 1.29 is 4.79 Å². The normalized spacial score (nSPS) is 14.9. The molecule has 3 rings (SSSR count). The second kappa shape index (κ2) is 6.59. The van der Waals surface area contributed by atoms with E-state index in [1.165, 1.54) is 16.8 Å². The van der Waals surface area contributed by atoms with Gasteiger partial charge in [0.1, 0.15) is 5.15 Å². The number of aryl methyl sites for hydroxylation is 1. The summed E-state index contributed by atoms with van der Waals surface area (Å²) in [6.45, 7) is 7.41. The Kier molecular flexibility index (Phi) is 4.53. The van der Waals surface area contributed by atoms with E-state index in [-0.39, 0.29) is 5.91 Å². The molecule has 1 aromatic heterocycles. The average molecular weight is 330 g/mol. The van der Waals surface area contributed by atoms with E-state index >= 15 is 0 Å². The molecule has 5 heteroatoms. The van der Waals surface area contributed by atoms with Gasteiger partial charge < -0.3 is 9.80 Å². The summed E-state index contributed by atoms with van der Waals surface area (Å²) in [4.78, 5) is 20.7. The lowest BCUT2D eigenvalue weighted by molar-refractivity contribution is 0.0746. The van der Waals surface area contributed by atoms with Crippen LogP contribution in [0.25, 0.3) is 0 Å². The summed E-state index contributed by atoms with van der Waals surface area (Å²) in [6, 6.07) is 9.76. The zero-order valence-corrected chi connectivity index (χ0v) is 14.2. The number of carbonyl (C=O) groups is 1. The van der Waals surface area contributed by atoms with Crippen LogP contribution in [0.3, 0.4) is 0 Å². The van der Waals surface area contributed by atoms with Crippen LogP contribution in [0, 0.1) is 13.8 Å². The van der Waals surface area contributed by atoms with Crippen molar-refractivity contribution in [3.05, 3.63) is 58.4 Å². The first-order chi connectivity index (χ1) is 11.1. The largest absolute Gasteiger partial charge is 0.368 e. The van der Waals surface area contributed by atoms with Crippen molar-refractivity contribution in [2.75, 3.05) is 31.1 Å². The SMILES string of the molecule is Cc1cccc(N2CCN(C(=O)c3ccc(Cl)nc3)CC2)c1C. The highest BCUT2D eigenvalue weighted by Gasteiger charge is 2.23. The van der Waals surface area contributed by atoms with Crippen molar-refractivity contribution in [2.45, 2.75) is 13.8 Å². The minimum absolute atomic E-state index is 0.0229. The molecule has 1 amide bonds. The van der Waals surface area contributed by atoms with E-state index < -0.39 is 0 Å². The van der Waals surface area contributed by atoms with Crippen molar-refractivity contribution in [1.82, 2.24) is 9.88 Å². The highest BCUT2D eigenvalue weighted by molar-refractivity contribution is 6.29. The molecular formula is C18H20ClN3O. The molecule has 0 saturated carbocycles. The fourth-order valence-electron chi connectivity index (χ4n) is 2.91. The summed E-state index contributed by atoms with van der Waals surface area (Å²) in [5.74, 6) is 0.0229. The number of halogens is 1. The molecular weight excluding hydrogens is 310 g/mol. The van der Waals surface area contributed by atoms with Crippen LogP contribution < -0.4 is 4.90 Å². The van der Waals surface area contributed by atoms with E-state index in [9.17, 15) is 4.79 Å². The smallest absolute Gasteiger partial charge is 0.255 e. The van der Waals surface area contributed by atoms with Crippen molar-refractivity contribution in [1.29, 1.82) is 0 Å². The number of carbonyl (C=O) groups excluding carboxylic acids is 1. The third-order valence-corrected chi connectivity index (χ3v) is 4.68. The fourth-order valence-corrected chi connectivity index (χ4v) is 3.03. The fraction of sp³-hybridized carbons (Fsp3) is 0.333. The first-order valence-electron chi connectivity index (χ1n) is 7.78. The van der Waals surface area contributed by atoms with E-state index in [1.54, 1.807) is 18.3 Å². The summed E-state index contributed by atoms with van der Waals surface area (Å²) in [5.41, 5.74) is 4.47. The van der Waals surface area contributed by atoms with Gasteiger partial charge in [-0.3, -0.25) is 4.79 Å². The number of pyridine rings is 1. The van der Waals surface area contributed by atoms with E-state index in [0.717, 1.165) is 26.2 Å². The number of anilines is 1. The summed E-state index contributed by atoms with van der Waals surface area (Å²) >= 11 is 5.77. The Hall–Kier alpha value is -2.07. The molecule has 0 atom stereocenters. The Labute approximate surface area is 141 Å². The van der Waals surface area contributed by atoms with Crippen LogP contribution in [0.15, 0.2) is 36.5 Å². The van der Waals surface area contributed by atoms with Gasteiger partial charge in [-0.25, -0.2) is 4.98 Å². The van der Waals surface area contributed by atoms with Gasteiger partial charge in [0.2, 0.25) is 0 Å². The molecule has 1 aliphatic heterocycles. The van der Waals surface area contributed by atoms with Crippen LogP contribution in [-0.4, -0.2) is 42.0 Å². The molecule has 2 aromatic rings. The summed E-state index contributed by atoms with van der Waals surface area (Å²) in [6.07, 6.45) is 1.54. The molecule has 0 radical (unpaired) electrons. The predicted octanol–water partition coefficient (Wildman–Crippen LogP) is 3.31. The van der Waals surface area contributed by atoms with E-state index in [1.807, 2.05) is 4.90 Å².